The Morgan fingerprint density at radius 1 is 1.57 bits per heavy atom. The first kappa shape index (κ1) is 18.6. The third-order valence-electron chi connectivity index (χ3n) is 1.63. The molecule has 11 heteroatoms. The second-order valence-electron chi connectivity index (χ2n) is 3.39. The predicted molar refractivity (Wildman–Crippen MR) is 79.1 cm³/mol. The molecule has 0 heterocycles. The molecule has 0 atom stereocenters. The average Bonchev–Trinajstić information content (AvgIpc) is 2.25. The Bertz CT molecular complexity index is 587. The van der Waals surface area contributed by atoms with Gasteiger partial charge in [0.05, 0.1) is 16.7 Å². The Labute approximate surface area is 129 Å². The number of nitro groups is 1. The molecule has 0 bridgehead atoms. The Morgan fingerprint density at radius 2 is 2.10 bits per heavy atom. The zero-order valence-corrected chi connectivity index (χ0v) is 12.1. The Hall–Kier alpha value is -2.39. The first-order valence-electron chi connectivity index (χ1n) is 5.11. The minimum absolute atomic E-state index is 0.0909. The van der Waals surface area contributed by atoms with Gasteiger partial charge >= 0.3 is 0 Å². The van der Waals surface area contributed by atoms with Crippen molar-refractivity contribution in [3.63, 3.8) is 0 Å². The first-order chi connectivity index (χ1) is 9.65. The number of carbonyl (C=O) groups is 1. The average molecular weight is 336 g/mol. The lowest BCUT2D eigenvalue weighted by Gasteiger charge is -2.01. The fraction of sp³-hybridized carbons (Fsp3) is 0.100. The van der Waals surface area contributed by atoms with Gasteiger partial charge in [-0.1, -0.05) is 23.2 Å². The van der Waals surface area contributed by atoms with Crippen molar-refractivity contribution in [1.82, 2.24) is 5.43 Å². The monoisotopic (exact) mass is 335 g/mol. The zero-order chi connectivity index (χ0) is 16.6. The second-order valence-corrected chi connectivity index (χ2v) is 4.23. The Morgan fingerprint density at radius 3 is 2.52 bits per heavy atom. The van der Waals surface area contributed by atoms with Crippen LogP contribution in [0.5, 0.6) is 0 Å². The van der Waals surface area contributed by atoms with Crippen molar-refractivity contribution in [1.29, 1.82) is 5.41 Å². The number of guanidine groups is 1. The summed E-state index contributed by atoms with van der Waals surface area (Å²) in [5.74, 6) is -1.22. The molecule has 9 nitrogen and oxygen atoms in total. The molecule has 0 saturated carbocycles. The number of carboxylic acid groups (broad SMARTS) is 1. The lowest BCUT2D eigenvalue weighted by molar-refractivity contribution is -0.384. The van der Waals surface area contributed by atoms with Crippen LogP contribution in [-0.2, 0) is 4.79 Å². The van der Waals surface area contributed by atoms with Gasteiger partial charge in [0.25, 0.3) is 11.7 Å². The molecule has 0 aromatic heterocycles. The molecule has 0 aliphatic rings. The van der Waals surface area contributed by atoms with Crippen LogP contribution >= 0.6 is 23.2 Å². The van der Waals surface area contributed by atoms with Gasteiger partial charge in [-0.05, 0) is 12.1 Å². The third kappa shape index (κ3) is 7.70. The highest BCUT2D eigenvalue weighted by Crippen LogP contribution is 2.30. The number of benzene rings is 1. The summed E-state index contributed by atoms with van der Waals surface area (Å²) in [6.07, 6.45) is 1.11. The van der Waals surface area contributed by atoms with Crippen LogP contribution in [0.2, 0.25) is 10.0 Å². The van der Waals surface area contributed by atoms with E-state index in [1.165, 1.54) is 12.1 Å². The summed E-state index contributed by atoms with van der Waals surface area (Å²) in [7, 11) is 0. The standard InChI is InChI=1S/C8H7Cl2N5O2.C2H4O2/c9-5-1-4(3-13-14-8(11)12)7(15(16)17)6(10)2-5;1-2(3)4/h1-3H,(H4,11,12,14);1H3,(H,3,4). The predicted octanol–water partition coefficient (Wildman–Crippen LogP) is 1.81. The first-order valence-corrected chi connectivity index (χ1v) is 5.86. The second kappa shape index (κ2) is 8.72. The van der Waals surface area contributed by atoms with Gasteiger partial charge < -0.3 is 10.8 Å². The number of nitrogens with two attached hydrogens (primary N) is 1. The van der Waals surface area contributed by atoms with Crippen molar-refractivity contribution in [3.05, 3.63) is 37.9 Å². The molecule has 114 valence electrons. The molecule has 0 aliphatic heterocycles. The van der Waals surface area contributed by atoms with Gasteiger partial charge in [0.1, 0.15) is 5.02 Å². The van der Waals surface area contributed by atoms with Gasteiger partial charge in [-0.25, -0.2) is 5.43 Å². The van der Waals surface area contributed by atoms with Crippen LogP contribution < -0.4 is 11.2 Å². The summed E-state index contributed by atoms with van der Waals surface area (Å²) >= 11 is 11.4. The van der Waals surface area contributed by atoms with E-state index in [1.807, 2.05) is 0 Å². The molecule has 0 aliphatic carbocycles. The van der Waals surface area contributed by atoms with Crippen molar-refractivity contribution in [2.24, 2.45) is 10.8 Å². The minimum Gasteiger partial charge on any atom is -0.481 e. The number of rotatable bonds is 3. The maximum Gasteiger partial charge on any atom is 0.300 e. The number of hydrogen-bond donors (Lipinski definition) is 4. The van der Waals surface area contributed by atoms with E-state index in [9.17, 15) is 10.1 Å². The number of hydrazone groups is 1. The normalized spacial score (nSPS) is 9.67. The largest absolute Gasteiger partial charge is 0.481 e. The van der Waals surface area contributed by atoms with Gasteiger partial charge in [-0.3, -0.25) is 20.3 Å². The molecule has 0 unspecified atom stereocenters. The number of nitrogens with one attached hydrogen (secondary N) is 2. The van der Waals surface area contributed by atoms with E-state index in [-0.39, 0.29) is 21.3 Å². The summed E-state index contributed by atoms with van der Waals surface area (Å²) in [4.78, 5) is 19.1. The molecule has 0 amide bonds. The lowest BCUT2D eigenvalue weighted by atomic mass is 10.2. The van der Waals surface area contributed by atoms with Crippen LogP contribution in [0.4, 0.5) is 5.69 Å². The van der Waals surface area contributed by atoms with E-state index >= 15 is 0 Å². The van der Waals surface area contributed by atoms with Crippen LogP contribution in [0.15, 0.2) is 17.2 Å². The van der Waals surface area contributed by atoms with Crippen molar-refractivity contribution < 1.29 is 14.8 Å². The van der Waals surface area contributed by atoms with E-state index in [0.29, 0.717) is 0 Å². The fourth-order valence-corrected chi connectivity index (χ4v) is 1.63. The van der Waals surface area contributed by atoms with Crippen LogP contribution in [0.3, 0.4) is 0 Å². The zero-order valence-electron chi connectivity index (χ0n) is 10.6. The van der Waals surface area contributed by atoms with Crippen molar-refractivity contribution in [3.8, 4) is 0 Å². The quantitative estimate of drug-likeness (QED) is 0.285. The molecule has 1 rings (SSSR count). The van der Waals surface area contributed by atoms with Gasteiger partial charge in [0.2, 0.25) is 5.96 Å². The van der Waals surface area contributed by atoms with Crippen molar-refractivity contribution >= 4 is 47.0 Å². The SMILES string of the molecule is CC(=O)O.N=C(N)NN=Cc1cc(Cl)cc(Cl)c1[N+](=O)[O-]. The molecule has 0 fully saturated rings. The van der Waals surface area contributed by atoms with Crippen LogP contribution in [0.1, 0.15) is 12.5 Å². The molecule has 0 radical (unpaired) electrons. The molecular weight excluding hydrogens is 325 g/mol. The molecule has 5 N–H and O–H groups in total. The molecule has 0 spiro atoms. The Balaban J connectivity index is 0.000000885. The number of aliphatic carboxylic acids is 1. The van der Waals surface area contributed by atoms with Gasteiger partial charge in [0.15, 0.2) is 0 Å². The summed E-state index contributed by atoms with van der Waals surface area (Å²) in [6, 6.07) is 2.59. The molecule has 0 saturated heterocycles. The minimum atomic E-state index is -0.833. The summed E-state index contributed by atoms with van der Waals surface area (Å²) in [6.45, 7) is 1.08. The number of nitrogens with zero attached hydrogens (tertiary/aromatic N) is 2. The Kier molecular flexibility index (Phi) is 7.72. The highest BCUT2D eigenvalue weighted by molar-refractivity contribution is 6.36. The number of halogens is 2. The van der Waals surface area contributed by atoms with Gasteiger partial charge in [-0.15, -0.1) is 0 Å². The highest BCUT2D eigenvalue weighted by atomic mass is 35.5. The lowest BCUT2D eigenvalue weighted by Crippen LogP contribution is -2.25. The van der Waals surface area contributed by atoms with E-state index in [0.717, 1.165) is 13.1 Å². The molecular formula is C10H11Cl2N5O4. The third-order valence-corrected chi connectivity index (χ3v) is 2.14. The smallest absolute Gasteiger partial charge is 0.300 e. The van der Waals surface area contributed by atoms with Gasteiger partial charge in [-0.2, -0.15) is 5.10 Å². The topological polar surface area (TPSA) is 155 Å². The van der Waals surface area contributed by atoms with Crippen LogP contribution in [-0.4, -0.2) is 28.2 Å². The number of hydrogen-bond acceptors (Lipinski definition) is 5. The summed E-state index contributed by atoms with van der Waals surface area (Å²) in [5, 5.41) is 28.7. The van der Waals surface area contributed by atoms with Gasteiger partial charge in [0, 0.05) is 11.9 Å². The maximum atomic E-state index is 10.8. The maximum absolute atomic E-state index is 10.8. The van der Waals surface area contributed by atoms with E-state index in [1.54, 1.807) is 0 Å². The van der Waals surface area contributed by atoms with Crippen molar-refractivity contribution in [2.75, 3.05) is 0 Å². The molecule has 1 aromatic rings. The van der Waals surface area contributed by atoms with E-state index in [2.05, 4.69) is 10.5 Å². The molecule has 1 aromatic carbocycles. The summed E-state index contributed by atoms with van der Waals surface area (Å²) < 4.78 is 0. The molecule has 21 heavy (non-hydrogen) atoms. The fourth-order valence-electron chi connectivity index (χ4n) is 1.05. The van der Waals surface area contributed by atoms with E-state index < -0.39 is 16.9 Å². The number of nitro benzene ring substituents is 1. The highest BCUT2D eigenvalue weighted by Gasteiger charge is 2.18. The summed E-state index contributed by atoms with van der Waals surface area (Å²) in [5.41, 5.74) is 6.91. The van der Waals surface area contributed by atoms with Crippen LogP contribution in [0, 0.1) is 15.5 Å². The number of carboxylic acids is 1. The van der Waals surface area contributed by atoms with Crippen molar-refractivity contribution in [2.45, 2.75) is 6.92 Å². The van der Waals surface area contributed by atoms with Crippen LogP contribution in [0.25, 0.3) is 0 Å². The van der Waals surface area contributed by atoms with E-state index in [4.69, 9.17) is 44.2 Å².